The lowest BCUT2D eigenvalue weighted by atomic mass is 10.2. The summed E-state index contributed by atoms with van der Waals surface area (Å²) in [5.41, 5.74) is 1.92. The van der Waals surface area contributed by atoms with Crippen LogP contribution in [0.15, 0.2) is 82.6 Å². The van der Waals surface area contributed by atoms with Crippen LogP contribution in [-0.4, -0.2) is 16.8 Å². The summed E-state index contributed by atoms with van der Waals surface area (Å²) < 4.78 is 0. The van der Waals surface area contributed by atoms with E-state index in [1.54, 1.807) is 12.4 Å². The fourth-order valence-corrected chi connectivity index (χ4v) is 2.24. The number of para-hydroxylation sites is 2. The van der Waals surface area contributed by atoms with Crippen molar-refractivity contribution < 1.29 is 4.79 Å². The zero-order chi connectivity index (χ0) is 17.4. The SMILES string of the molecule is C=O.O=c1cc[nH]c2ccccc12.O=c1cc[nH]c2ccccc12. The molecule has 0 unspecified atom stereocenters. The number of H-pyrrole nitrogens is 2. The number of rotatable bonds is 0. The van der Waals surface area contributed by atoms with Crippen LogP contribution in [0.4, 0.5) is 0 Å². The van der Waals surface area contributed by atoms with Crippen molar-refractivity contribution >= 4 is 28.6 Å². The molecule has 0 saturated heterocycles. The van der Waals surface area contributed by atoms with Gasteiger partial charge in [0.25, 0.3) is 0 Å². The van der Waals surface area contributed by atoms with Crippen LogP contribution < -0.4 is 10.9 Å². The van der Waals surface area contributed by atoms with Gasteiger partial charge in [-0.2, -0.15) is 0 Å². The number of benzene rings is 2. The van der Waals surface area contributed by atoms with E-state index in [0.29, 0.717) is 0 Å². The largest absolute Gasteiger partial charge is 0.361 e. The van der Waals surface area contributed by atoms with Gasteiger partial charge in [-0.3, -0.25) is 9.59 Å². The van der Waals surface area contributed by atoms with E-state index in [4.69, 9.17) is 4.79 Å². The van der Waals surface area contributed by atoms with Crippen LogP contribution in [0.2, 0.25) is 0 Å². The fourth-order valence-electron chi connectivity index (χ4n) is 2.24. The van der Waals surface area contributed by atoms with Gasteiger partial charge in [0.05, 0.1) is 0 Å². The topological polar surface area (TPSA) is 82.8 Å². The first kappa shape index (κ1) is 16.9. The average molecular weight is 320 g/mol. The van der Waals surface area contributed by atoms with Crippen molar-refractivity contribution in [1.29, 1.82) is 0 Å². The molecule has 0 saturated carbocycles. The van der Waals surface area contributed by atoms with E-state index < -0.39 is 0 Å². The lowest BCUT2D eigenvalue weighted by Crippen LogP contribution is -1.98. The van der Waals surface area contributed by atoms with Crippen molar-refractivity contribution in [3.63, 3.8) is 0 Å². The maximum absolute atomic E-state index is 11.2. The molecule has 5 nitrogen and oxygen atoms in total. The molecule has 2 heterocycles. The molecule has 2 aromatic heterocycles. The van der Waals surface area contributed by atoms with Gasteiger partial charge in [-0.05, 0) is 24.3 Å². The van der Waals surface area contributed by atoms with Gasteiger partial charge < -0.3 is 14.8 Å². The van der Waals surface area contributed by atoms with Crippen LogP contribution in [0.1, 0.15) is 0 Å². The van der Waals surface area contributed by atoms with Crippen molar-refractivity contribution in [1.82, 2.24) is 9.97 Å². The van der Waals surface area contributed by atoms with E-state index in [1.165, 1.54) is 12.1 Å². The molecule has 0 aliphatic rings. The number of nitrogens with one attached hydrogen (secondary N) is 2. The van der Waals surface area contributed by atoms with Gasteiger partial charge >= 0.3 is 0 Å². The Kier molecular flexibility index (Phi) is 5.80. The second-order valence-electron chi connectivity index (χ2n) is 4.78. The summed E-state index contributed by atoms with van der Waals surface area (Å²) in [6.07, 6.45) is 3.31. The number of hydrogen-bond donors (Lipinski definition) is 2. The van der Waals surface area contributed by atoms with Gasteiger partial charge in [-0.1, -0.05) is 24.3 Å². The second kappa shape index (κ2) is 8.24. The number of carbonyl (C=O) groups is 1. The molecule has 24 heavy (non-hydrogen) atoms. The highest BCUT2D eigenvalue weighted by molar-refractivity contribution is 5.78. The van der Waals surface area contributed by atoms with Crippen LogP contribution >= 0.6 is 0 Å². The molecule has 0 spiro atoms. The van der Waals surface area contributed by atoms with E-state index in [2.05, 4.69) is 9.97 Å². The average Bonchev–Trinajstić information content (AvgIpc) is 2.65. The van der Waals surface area contributed by atoms with Gasteiger partial charge in [-0.25, -0.2) is 0 Å². The molecule has 0 radical (unpaired) electrons. The minimum absolute atomic E-state index is 0.0688. The molecule has 120 valence electrons. The quantitative estimate of drug-likeness (QED) is 0.522. The first-order valence-corrected chi connectivity index (χ1v) is 7.17. The lowest BCUT2D eigenvalue weighted by Gasteiger charge is -1.92. The Labute approximate surface area is 137 Å². The summed E-state index contributed by atoms with van der Waals surface area (Å²) >= 11 is 0. The second-order valence-corrected chi connectivity index (χ2v) is 4.78. The lowest BCUT2D eigenvalue weighted by molar-refractivity contribution is -0.0979. The predicted octanol–water partition coefficient (Wildman–Crippen LogP) is 2.87. The summed E-state index contributed by atoms with van der Waals surface area (Å²) in [6.45, 7) is 2.00. The highest BCUT2D eigenvalue weighted by Gasteiger charge is 1.93. The van der Waals surface area contributed by atoms with Crippen LogP contribution in [0, 0.1) is 0 Å². The van der Waals surface area contributed by atoms with E-state index in [1.807, 2.05) is 55.3 Å². The van der Waals surface area contributed by atoms with Crippen LogP contribution in [0.25, 0.3) is 21.8 Å². The highest BCUT2D eigenvalue weighted by atomic mass is 16.1. The number of carbonyl (C=O) groups excluding carboxylic acids is 1. The van der Waals surface area contributed by atoms with Crippen molar-refractivity contribution in [2.75, 3.05) is 0 Å². The Morgan fingerprint density at radius 1 is 0.583 bits per heavy atom. The van der Waals surface area contributed by atoms with Crippen LogP contribution in [0.3, 0.4) is 0 Å². The molecule has 4 aromatic rings. The minimum Gasteiger partial charge on any atom is -0.361 e. The van der Waals surface area contributed by atoms with Gasteiger partial charge in [-0.15, -0.1) is 0 Å². The Bertz CT molecular complexity index is 955. The number of pyridine rings is 2. The Hall–Kier alpha value is -3.47. The maximum atomic E-state index is 11.2. The molecule has 5 heteroatoms. The van der Waals surface area contributed by atoms with Crippen molar-refractivity contribution in [3.8, 4) is 0 Å². The van der Waals surface area contributed by atoms with Crippen LogP contribution in [-0.2, 0) is 4.79 Å². The maximum Gasteiger partial charge on any atom is 0.189 e. The first-order valence-electron chi connectivity index (χ1n) is 7.17. The van der Waals surface area contributed by atoms with Crippen molar-refractivity contribution in [2.24, 2.45) is 0 Å². The molecule has 0 amide bonds. The first-order chi connectivity index (χ1) is 11.8. The van der Waals surface area contributed by atoms with E-state index in [-0.39, 0.29) is 10.9 Å². The van der Waals surface area contributed by atoms with Crippen molar-refractivity contribution in [3.05, 3.63) is 93.5 Å². The van der Waals surface area contributed by atoms with E-state index in [0.717, 1.165) is 21.8 Å². The van der Waals surface area contributed by atoms with Crippen molar-refractivity contribution in [2.45, 2.75) is 0 Å². The molecule has 0 fully saturated rings. The van der Waals surface area contributed by atoms with E-state index >= 15 is 0 Å². The summed E-state index contributed by atoms with van der Waals surface area (Å²) in [5, 5.41) is 1.49. The smallest absolute Gasteiger partial charge is 0.189 e. The van der Waals surface area contributed by atoms with Gasteiger partial charge in [0, 0.05) is 46.3 Å². The minimum atomic E-state index is 0.0688. The third-order valence-electron chi connectivity index (χ3n) is 3.33. The summed E-state index contributed by atoms with van der Waals surface area (Å²) in [7, 11) is 0. The highest BCUT2D eigenvalue weighted by Crippen LogP contribution is 2.04. The third kappa shape index (κ3) is 3.84. The Morgan fingerprint density at radius 3 is 1.33 bits per heavy atom. The number of hydrogen-bond acceptors (Lipinski definition) is 3. The summed E-state index contributed by atoms with van der Waals surface area (Å²) in [5.74, 6) is 0. The Morgan fingerprint density at radius 2 is 0.958 bits per heavy atom. The zero-order valence-electron chi connectivity index (χ0n) is 12.9. The molecule has 4 rings (SSSR count). The number of aromatic nitrogens is 2. The molecule has 0 bridgehead atoms. The van der Waals surface area contributed by atoms with Crippen LogP contribution in [0.5, 0.6) is 0 Å². The molecular weight excluding hydrogens is 304 g/mol. The fraction of sp³-hybridized carbons (Fsp3) is 0. The molecule has 0 aliphatic heterocycles. The molecule has 2 N–H and O–H groups in total. The van der Waals surface area contributed by atoms with Gasteiger partial charge in [0.2, 0.25) is 0 Å². The van der Waals surface area contributed by atoms with Gasteiger partial charge in [0.1, 0.15) is 6.79 Å². The molecular formula is C19H16N2O3. The number of fused-ring (bicyclic) bond motifs is 2. The summed E-state index contributed by atoms with van der Waals surface area (Å²) in [4.78, 5) is 36.3. The van der Waals surface area contributed by atoms with Gasteiger partial charge in [0.15, 0.2) is 10.9 Å². The monoisotopic (exact) mass is 320 g/mol. The Balaban J connectivity index is 0.000000158. The standard InChI is InChI=1S/2C9H7NO.CH2O/c2*11-9-5-6-10-8-4-2-1-3-7(8)9;1-2/h2*1-6H,(H,10,11);1H2. The normalized spacial score (nSPS) is 9.50. The zero-order valence-corrected chi connectivity index (χ0v) is 12.9. The summed E-state index contributed by atoms with van der Waals surface area (Å²) in [6, 6.07) is 18.0. The van der Waals surface area contributed by atoms with E-state index in [9.17, 15) is 9.59 Å². The molecule has 0 aliphatic carbocycles. The number of aromatic amines is 2. The molecule has 2 aromatic carbocycles. The predicted molar refractivity (Wildman–Crippen MR) is 96.3 cm³/mol. The third-order valence-corrected chi connectivity index (χ3v) is 3.33. The molecule has 0 atom stereocenters.